The fourth-order valence-electron chi connectivity index (χ4n) is 0.872. The molecule has 0 aliphatic heterocycles. The highest BCUT2D eigenvalue weighted by Gasteiger charge is 1.99. The number of rotatable bonds is 2. The van der Waals surface area contributed by atoms with Crippen molar-refractivity contribution in [2.24, 2.45) is 0 Å². The van der Waals surface area contributed by atoms with E-state index in [-0.39, 0.29) is 0 Å². The zero-order chi connectivity index (χ0) is 16.8. The van der Waals surface area contributed by atoms with Gasteiger partial charge in [-0.15, -0.1) is 0 Å². The molecule has 0 bridgehead atoms. The quantitative estimate of drug-likeness (QED) is 0.439. The molecule has 0 heterocycles. The summed E-state index contributed by atoms with van der Waals surface area (Å²) in [5.41, 5.74) is 0. The Kier molecular flexibility index (Phi) is 12.0. The summed E-state index contributed by atoms with van der Waals surface area (Å²) < 4.78 is 9.11. The van der Waals surface area contributed by atoms with Crippen molar-refractivity contribution in [3.8, 4) is 23.7 Å². The number of hydrogen-bond acceptors (Lipinski definition) is 6. The molecule has 0 aromatic carbocycles. The van der Waals surface area contributed by atoms with E-state index in [4.69, 9.17) is 5.11 Å². The molecule has 0 saturated carbocycles. The van der Waals surface area contributed by atoms with E-state index in [0.29, 0.717) is 6.29 Å². The van der Waals surface area contributed by atoms with Gasteiger partial charge < -0.3 is 14.6 Å². The summed E-state index contributed by atoms with van der Waals surface area (Å²) >= 11 is 0. The number of carboxylic acid groups (broad SMARTS) is 1. The third-order valence-corrected chi connectivity index (χ3v) is 1.41. The van der Waals surface area contributed by atoms with Crippen LogP contribution in [0, 0.1) is 23.7 Å². The van der Waals surface area contributed by atoms with Crippen LogP contribution in [0.5, 0.6) is 0 Å². The number of aldehydes is 1. The second-order valence-corrected chi connectivity index (χ2v) is 3.48. The highest BCUT2D eigenvalue weighted by molar-refractivity contribution is 5.86. The molecule has 0 aliphatic rings. The number of carbonyl (C=O) groups excluding carboxylic acids is 3. The molecule has 0 spiro atoms. The number of carbonyl (C=O) groups is 4. The molecule has 0 radical (unpaired) electrons. The molecule has 0 unspecified atom stereocenters. The first-order valence-corrected chi connectivity index (χ1v) is 5.72. The van der Waals surface area contributed by atoms with Crippen molar-refractivity contribution in [2.75, 3.05) is 0 Å². The Hall–Kier alpha value is -2.80. The number of ether oxygens (including phenoxy) is 2. The highest BCUT2D eigenvalue weighted by Crippen LogP contribution is 1.87. The molecule has 0 aliphatic carbocycles. The summed E-state index contributed by atoms with van der Waals surface area (Å²) in [6.45, 7) is 5.62. The van der Waals surface area contributed by atoms with E-state index in [9.17, 15) is 19.2 Å². The highest BCUT2D eigenvalue weighted by atomic mass is 16.5. The summed E-state index contributed by atoms with van der Waals surface area (Å²) in [5, 5.41) is 8.08. The Labute approximate surface area is 122 Å². The number of aliphatic carboxylic acids is 1. The second-order valence-electron chi connectivity index (χ2n) is 3.48. The van der Waals surface area contributed by atoms with Gasteiger partial charge in [0.1, 0.15) is 0 Å². The van der Waals surface area contributed by atoms with Crippen LogP contribution in [0.3, 0.4) is 0 Å². The fourth-order valence-corrected chi connectivity index (χ4v) is 0.872. The minimum atomic E-state index is -1.23. The van der Waals surface area contributed by atoms with Gasteiger partial charge in [0.05, 0.1) is 0 Å². The van der Waals surface area contributed by atoms with Gasteiger partial charge in [-0.1, -0.05) is 5.92 Å². The molecule has 0 fully saturated rings. The first-order valence-electron chi connectivity index (χ1n) is 5.72. The minimum absolute atomic E-state index is 0.396. The van der Waals surface area contributed by atoms with Crippen molar-refractivity contribution >= 4 is 24.2 Å². The van der Waals surface area contributed by atoms with E-state index < -0.39 is 30.1 Å². The largest absolute Gasteiger partial charge is 0.472 e. The first-order chi connectivity index (χ1) is 9.68. The van der Waals surface area contributed by atoms with Crippen molar-refractivity contribution in [2.45, 2.75) is 39.9 Å². The Bertz CT molecular complexity index is 499. The van der Waals surface area contributed by atoms with Gasteiger partial charge in [-0.3, -0.25) is 14.4 Å². The first kappa shape index (κ1) is 20.5. The predicted octanol–water partition coefficient (Wildman–Crippen LogP) is 0.166. The summed E-state index contributed by atoms with van der Waals surface area (Å²) in [5.74, 6) is 6.51. The molecule has 21 heavy (non-hydrogen) atoms. The van der Waals surface area contributed by atoms with Crippen molar-refractivity contribution in [3.63, 3.8) is 0 Å². The lowest BCUT2D eigenvalue weighted by molar-refractivity contribution is -0.144. The van der Waals surface area contributed by atoms with Crippen LogP contribution in [0.2, 0.25) is 0 Å². The number of esters is 2. The minimum Gasteiger partial charge on any atom is -0.472 e. The molecule has 1 N–H and O–H groups in total. The number of hydrogen-bond donors (Lipinski definition) is 1. The fraction of sp³-hybridized carbons (Fsp3) is 0.429. The summed E-state index contributed by atoms with van der Waals surface area (Å²) in [6.07, 6.45) is -0.703. The van der Waals surface area contributed by atoms with Crippen molar-refractivity contribution < 1.29 is 33.8 Å². The average Bonchev–Trinajstić information content (AvgIpc) is 2.33. The second kappa shape index (κ2) is 12.2. The molecular formula is C14H16O7. The smallest absolute Gasteiger partial charge is 0.382 e. The molecule has 114 valence electrons. The van der Waals surface area contributed by atoms with Crippen LogP contribution in [-0.2, 0) is 28.7 Å². The van der Waals surface area contributed by atoms with E-state index in [1.54, 1.807) is 6.92 Å². The van der Waals surface area contributed by atoms with Crippen molar-refractivity contribution in [1.29, 1.82) is 0 Å². The van der Waals surface area contributed by atoms with Gasteiger partial charge in [0, 0.05) is 19.8 Å². The molecule has 7 heteroatoms. The molecule has 0 saturated heterocycles. The zero-order valence-electron chi connectivity index (χ0n) is 12.1. The predicted molar refractivity (Wildman–Crippen MR) is 71.7 cm³/mol. The molecular weight excluding hydrogens is 280 g/mol. The van der Waals surface area contributed by atoms with Gasteiger partial charge in [0.25, 0.3) is 0 Å². The Morgan fingerprint density at radius 1 is 1.00 bits per heavy atom. The Morgan fingerprint density at radius 3 is 1.76 bits per heavy atom. The molecule has 7 nitrogen and oxygen atoms in total. The van der Waals surface area contributed by atoms with Gasteiger partial charge in [-0.05, 0) is 25.7 Å². The Morgan fingerprint density at radius 2 is 1.43 bits per heavy atom. The monoisotopic (exact) mass is 296 g/mol. The van der Waals surface area contributed by atoms with Crippen LogP contribution in [0.4, 0.5) is 0 Å². The van der Waals surface area contributed by atoms with Gasteiger partial charge in [-0.2, -0.15) is 0 Å². The van der Waals surface area contributed by atoms with Crippen molar-refractivity contribution in [1.82, 2.24) is 0 Å². The lowest BCUT2D eigenvalue weighted by Gasteiger charge is -2.01. The standard InChI is InChI=1S/C7H8O4.C7H8O3/c1-5(11-6(2)8)3-4-7(9)10;1-6(4-3-5-8)10-7(2)9/h5H,1-2H3,(H,9,10);5-6H,1-2H3/t5-;6-/m00/s1. The zero-order valence-corrected chi connectivity index (χ0v) is 12.1. The number of carboxylic acids is 1. The van der Waals surface area contributed by atoms with E-state index >= 15 is 0 Å². The summed E-state index contributed by atoms with van der Waals surface area (Å²) in [4.78, 5) is 40.1. The van der Waals surface area contributed by atoms with Crippen LogP contribution in [0.15, 0.2) is 0 Å². The van der Waals surface area contributed by atoms with Crippen LogP contribution < -0.4 is 0 Å². The van der Waals surface area contributed by atoms with E-state index in [2.05, 4.69) is 27.2 Å². The molecule has 0 rings (SSSR count). The van der Waals surface area contributed by atoms with Crippen LogP contribution in [-0.4, -0.2) is 41.5 Å². The SMILES string of the molecule is CC(=O)O[C@@H](C)C#CC(=O)O.CC(=O)O[C@@H](C)C#CC=O. The van der Waals surface area contributed by atoms with E-state index in [1.807, 2.05) is 5.92 Å². The van der Waals surface area contributed by atoms with E-state index in [1.165, 1.54) is 20.8 Å². The maximum absolute atomic E-state index is 10.3. The Balaban J connectivity index is 0. The van der Waals surface area contributed by atoms with Gasteiger partial charge >= 0.3 is 17.9 Å². The normalized spacial score (nSPS) is 10.7. The maximum Gasteiger partial charge on any atom is 0.382 e. The third kappa shape index (κ3) is 19.7. The van der Waals surface area contributed by atoms with Gasteiger partial charge in [-0.25, -0.2) is 4.79 Å². The van der Waals surface area contributed by atoms with Crippen LogP contribution in [0.1, 0.15) is 27.7 Å². The van der Waals surface area contributed by atoms with Crippen LogP contribution >= 0.6 is 0 Å². The summed E-state index contributed by atoms with van der Waals surface area (Å²) in [7, 11) is 0. The average molecular weight is 296 g/mol. The lowest BCUT2D eigenvalue weighted by Crippen LogP contribution is -2.09. The third-order valence-electron chi connectivity index (χ3n) is 1.41. The maximum atomic E-state index is 10.3. The molecule has 0 aromatic heterocycles. The topological polar surface area (TPSA) is 107 Å². The van der Waals surface area contributed by atoms with Gasteiger partial charge in [0.2, 0.25) is 0 Å². The van der Waals surface area contributed by atoms with Gasteiger partial charge in [0.15, 0.2) is 18.5 Å². The van der Waals surface area contributed by atoms with Crippen molar-refractivity contribution in [3.05, 3.63) is 0 Å². The molecule has 0 amide bonds. The molecule has 2 atom stereocenters. The summed E-state index contributed by atoms with van der Waals surface area (Å²) in [6, 6.07) is 0. The van der Waals surface area contributed by atoms with E-state index in [0.717, 1.165) is 0 Å². The molecule has 0 aromatic rings. The van der Waals surface area contributed by atoms with Crippen LogP contribution in [0.25, 0.3) is 0 Å². The lowest BCUT2D eigenvalue weighted by atomic mass is 10.4.